The van der Waals surface area contributed by atoms with Crippen molar-refractivity contribution in [2.45, 2.75) is 110 Å². The van der Waals surface area contributed by atoms with Crippen LogP contribution in [0.3, 0.4) is 0 Å². The van der Waals surface area contributed by atoms with Gasteiger partial charge in [0.15, 0.2) is 11.5 Å². The lowest BCUT2D eigenvalue weighted by atomic mass is 9.53. The van der Waals surface area contributed by atoms with Crippen LogP contribution < -0.4 is 0 Å². The van der Waals surface area contributed by atoms with Gasteiger partial charge in [-0.05, 0) is 59.3 Å². The zero-order valence-corrected chi connectivity index (χ0v) is 23.0. The highest BCUT2D eigenvalue weighted by Gasteiger charge is 2.61. The fraction of sp³-hybridized carbons (Fsp3) is 0.759. The van der Waals surface area contributed by atoms with Gasteiger partial charge >= 0.3 is 0 Å². The number of ketones is 3. The number of rotatable bonds is 6. The molecule has 0 aromatic heterocycles. The van der Waals surface area contributed by atoms with Crippen molar-refractivity contribution in [3.63, 3.8) is 0 Å². The predicted octanol–water partition coefficient (Wildman–Crippen LogP) is 4.46. The van der Waals surface area contributed by atoms with E-state index in [1.54, 1.807) is 20.8 Å². The van der Waals surface area contributed by atoms with E-state index >= 15 is 0 Å². The first-order valence-electron chi connectivity index (χ1n) is 13.4. The molecule has 0 bridgehead atoms. The van der Waals surface area contributed by atoms with Crippen molar-refractivity contribution in [2.24, 2.45) is 23.2 Å². The van der Waals surface area contributed by atoms with E-state index in [1.807, 2.05) is 20.8 Å². The third-order valence-corrected chi connectivity index (χ3v) is 9.59. The fourth-order valence-corrected chi connectivity index (χ4v) is 7.02. The summed E-state index contributed by atoms with van der Waals surface area (Å²) in [6.45, 7) is 13.2. The molecule has 2 aliphatic heterocycles. The van der Waals surface area contributed by atoms with Gasteiger partial charge in [0, 0.05) is 28.7 Å². The number of hydrogen-bond donors (Lipinski definition) is 1. The average Bonchev–Trinajstić information content (AvgIpc) is 2.82. The first-order chi connectivity index (χ1) is 16.7. The van der Waals surface area contributed by atoms with Crippen LogP contribution in [-0.4, -0.2) is 53.0 Å². The first-order valence-corrected chi connectivity index (χ1v) is 13.4. The van der Waals surface area contributed by atoms with Gasteiger partial charge in [0.05, 0.1) is 30.5 Å². The Kier molecular flexibility index (Phi) is 6.83. The minimum Gasteiger partial charge on any atom is -0.492 e. The Bertz CT molecular complexity index is 1030. The zero-order chi connectivity index (χ0) is 26.8. The molecule has 0 unspecified atom stereocenters. The number of fused-ring (bicyclic) bond motifs is 3. The van der Waals surface area contributed by atoms with E-state index in [0.717, 1.165) is 12.8 Å². The van der Waals surface area contributed by atoms with Crippen molar-refractivity contribution in [3.05, 3.63) is 22.7 Å². The van der Waals surface area contributed by atoms with E-state index in [0.29, 0.717) is 31.3 Å². The number of Topliss-reactive ketones (excluding diaryl/α,β-unsaturated/α-hetero) is 3. The molecule has 4 rings (SSSR count). The molecule has 1 saturated carbocycles. The molecule has 1 saturated heterocycles. The summed E-state index contributed by atoms with van der Waals surface area (Å²) in [5.74, 6) is -1.81. The molecule has 2 heterocycles. The van der Waals surface area contributed by atoms with Crippen molar-refractivity contribution in [1.82, 2.24) is 0 Å². The van der Waals surface area contributed by atoms with Gasteiger partial charge in [-0.3, -0.25) is 14.4 Å². The highest BCUT2D eigenvalue weighted by atomic mass is 16.5. The second kappa shape index (κ2) is 9.09. The molecule has 0 spiro atoms. The van der Waals surface area contributed by atoms with Crippen molar-refractivity contribution < 1.29 is 33.7 Å². The number of carbonyl (C=O) groups is 3. The average molecular weight is 503 g/mol. The lowest BCUT2D eigenvalue weighted by molar-refractivity contribution is -0.245. The quantitative estimate of drug-likeness (QED) is 0.536. The molecule has 0 aromatic rings. The van der Waals surface area contributed by atoms with Crippen LogP contribution in [-0.2, 0) is 28.6 Å². The Morgan fingerprint density at radius 3 is 2.42 bits per heavy atom. The normalized spacial score (nSPS) is 36.4. The second-order valence-corrected chi connectivity index (χ2v) is 12.4. The molecule has 0 radical (unpaired) electrons. The van der Waals surface area contributed by atoms with Gasteiger partial charge in [-0.15, -0.1) is 0 Å². The molecule has 0 amide bonds. The Hall–Kier alpha value is -1.99. The van der Waals surface area contributed by atoms with Gasteiger partial charge in [0.2, 0.25) is 11.6 Å². The van der Waals surface area contributed by atoms with Crippen LogP contribution in [0.2, 0.25) is 0 Å². The summed E-state index contributed by atoms with van der Waals surface area (Å²) < 4.78 is 18.4. The van der Waals surface area contributed by atoms with Gasteiger partial charge in [-0.1, -0.05) is 27.7 Å². The molecule has 2 aliphatic carbocycles. The van der Waals surface area contributed by atoms with E-state index in [9.17, 15) is 19.5 Å². The van der Waals surface area contributed by atoms with Crippen LogP contribution in [0, 0.1) is 23.2 Å². The van der Waals surface area contributed by atoms with Crippen molar-refractivity contribution in [2.75, 3.05) is 7.11 Å². The second-order valence-electron chi connectivity index (χ2n) is 12.4. The SMILES string of the molecule is CC[C@H](C)C(=O)[C@@H](C)C1=C(OC)C(=O)C2=C(O[C@]3(C)CC[C@H]4O[C@@H](C(C)(C)O)CC[C@]4(C)[C@H]3C2)C1=O. The monoisotopic (exact) mass is 502 g/mol. The number of aliphatic hydroxyl groups is 1. The Balaban J connectivity index is 1.69. The molecule has 1 N–H and O–H groups in total. The first kappa shape index (κ1) is 27.1. The van der Waals surface area contributed by atoms with Gasteiger partial charge in [0.25, 0.3) is 0 Å². The van der Waals surface area contributed by atoms with E-state index in [2.05, 4.69) is 6.92 Å². The summed E-state index contributed by atoms with van der Waals surface area (Å²) in [6.07, 6.45) is 3.70. The number of ether oxygens (including phenoxy) is 3. The van der Waals surface area contributed by atoms with Crippen LogP contribution in [0.4, 0.5) is 0 Å². The van der Waals surface area contributed by atoms with Gasteiger partial charge < -0.3 is 19.3 Å². The zero-order valence-electron chi connectivity index (χ0n) is 23.0. The highest BCUT2D eigenvalue weighted by molar-refractivity contribution is 6.25. The summed E-state index contributed by atoms with van der Waals surface area (Å²) in [5, 5.41) is 10.6. The maximum Gasteiger partial charge on any atom is 0.228 e. The van der Waals surface area contributed by atoms with E-state index in [-0.39, 0.29) is 58.1 Å². The summed E-state index contributed by atoms with van der Waals surface area (Å²) in [7, 11) is 1.38. The number of carbonyl (C=O) groups excluding carboxylic acids is 3. The van der Waals surface area contributed by atoms with Crippen molar-refractivity contribution in [1.29, 1.82) is 0 Å². The molecule has 7 nitrogen and oxygen atoms in total. The number of hydrogen-bond acceptors (Lipinski definition) is 7. The van der Waals surface area contributed by atoms with E-state index < -0.39 is 22.9 Å². The fourth-order valence-electron chi connectivity index (χ4n) is 7.02. The molecular weight excluding hydrogens is 460 g/mol. The summed E-state index contributed by atoms with van der Waals surface area (Å²) in [4.78, 5) is 40.5. The Morgan fingerprint density at radius 2 is 1.83 bits per heavy atom. The lowest BCUT2D eigenvalue weighted by Gasteiger charge is -2.60. The molecule has 7 heteroatoms. The highest BCUT2D eigenvalue weighted by Crippen LogP contribution is 2.60. The third-order valence-electron chi connectivity index (χ3n) is 9.59. The Morgan fingerprint density at radius 1 is 1.17 bits per heavy atom. The molecule has 0 aromatic carbocycles. The minimum atomic E-state index is -0.926. The molecule has 2 fully saturated rings. The van der Waals surface area contributed by atoms with Gasteiger partial charge in [-0.25, -0.2) is 0 Å². The van der Waals surface area contributed by atoms with Crippen LogP contribution in [0.1, 0.15) is 87.0 Å². The molecule has 4 aliphatic rings. The van der Waals surface area contributed by atoms with Gasteiger partial charge in [0.1, 0.15) is 11.4 Å². The summed E-state index contributed by atoms with van der Waals surface area (Å²) >= 11 is 0. The maximum atomic E-state index is 13.8. The largest absolute Gasteiger partial charge is 0.492 e. The third kappa shape index (κ3) is 4.07. The Labute approximate surface area is 214 Å². The minimum absolute atomic E-state index is 0.0328. The van der Waals surface area contributed by atoms with E-state index in [1.165, 1.54) is 7.11 Å². The van der Waals surface area contributed by atoms with Crippen LogP contribution in [0.25, 0.3) is 0 Å². The van der Waals surface area contributed by atoms with Gasteiger partial charge in [-0.2, -0.15) is 0 Å². The molecule has 7 atom stereocenters. The summed E-state index contributed by atoms with van der Waals surface area (Å²) in [6, 6.07) is 0. The summed E-state index contributed by atoms with van der Waals surface area (Å²) in [5.41, 5.74) is -1.37. The molecule has 200 valence electrons. The smallest absolute Gasteiger partial charge is 0.228 e. The van der Waals surface area contributed by atoms with Crippen LogP contribution >= 0.6 is 0 Å². The number of methoxy groups -OCH3 is 1. The van der Waals surface area contributed by atoms with Crippen LogP contribution in [0.15, 0.2) is 22.7 Å². The number of allylic oxidation sites excluding steroid dienone is 2. The molecule has 36 heavy (non-hydrogen) atoms. The standard InChI is InChI=1S/C29H42O7/c1-9-15(2)22(30)16(3)21-24(32)25-17(23(31)26(21)34-8)14-18-28(6)12-10-19(27(4,5)33)35-20(28)11-13-29(18,7)36-25/h15-16,18-20,33H,9-14H2,1-8H3/t15-,16-,18+,19+,20+,28+,29+/m0/s1. The van der Waals surface area contributed by atoms with Crippen molar-refractivity contribution >= 4 is 17.3 Å². The molecular formula is C29H42O7. The van der Waals surface area contributed by atoms with E-state index in [4.69, 9.17) is 14.2 Å². The van der Waals surface area contributed by atoms with Crippen molar-refractivity contribution in [3.8, 4) is 0 Å². The topological polar surface area (TPSA) is 99.1 Å². The maximum absolute atomic E-state index is 13.8. The van der Waals surface area contributed by atoms with Crippen LogP contribution in [0.5, 0.6) is 0 Å². The predicted molar refractivity (Wildman–Crippen MR) is 134 cm³/mol. The lowest BCUT2D eigenvalue weighted by Crippen LogP contribution is -2.62.